The van der Waals surface area contributed by atoms with Gasteiger partial charge in [0.25, 0.3) is 0 Å². The number of hydrogen-bond acceptors (Lipinski definition) is 3. The van der Waals surface area contributed by atoms with E-state index in [1.165, 1.54) is 6.07 Å². The van der Waals surface area contributed by atoms with Crippen molar-refractivity contribution in [2.45, 2.75) is 6.92 Å². The predicted molar refractivity (Wildman–Crippen MR) is 71.3 cm³/mol. The fraction of sp³-hybridized carbons (Fsp3) is 0.133. The number of rotatable bonds is 1. The molecule has 0 aliphatic rings. The SMILES string of the molecule is COc1ccc2cc3c(C)cc(=O)oc3cc2c1. The van der Waals surface area contributed by atoms with Crippen LogP contribution in [0.3, 0.4) is 0 Å². The lowest BCUT2D eigenvalue weighted by atomic mass is 10.0. The van der Waals surface area contributed by atoms with Gasteiger partial charge in [-0.2, -0.15) is 0 Å². The molecule has 1 aromatic heterocycles. The molecule has 0 unspecified atom stereocenters. The first-order valence-electron chi connectivity index (χ1n) is 5.69. The Morgan fingerprint density at radius 2 is 1.89 bits per heavy atom. The van der Waals surface area contributed by atoms with Crippen LogP contribution in [0.25, 0.3) is 21.7 Å². The second kappa shape index (κ2) is 3.88. The maximum atomic E-state index is 11.4. The van der Waals surface area contributed by atoms with Crippen LogP contribution in [0.2, 0.25) is 0 Å². The molecule has 0 saturated carbocycles. The fourth-order valence-electron chi connectivity index (χ4n) is 2.17. The van der Waals surface area contributed by atoms with Crippen molar-refractivity contribution in [3.05, 3.63) is 52.4 Å². The summed E-state index contributed by atoms with van der Waals surface area (Å²) in [4.78, 5) is 11.4. The number of aryl methyl sites for hydroxylation is 1. The summed E-state index contributed by atoms with van der Waals surface area (Å²) in [7, 11) is 1.63. The first-order chi connectivity index (χ1) is 8.67. The Balaban J connectivity index is 2.43. The third kappa shape index (κ3) is 1.64. The third-order valence-corrected chi connectivity index (χ3v) is 3.12. The normalized spacial score (nSPS) is 11.0. The monoisotopic (exact) mass is 240 g/mol. The molecule has 3 rings (SSSR count). The molecule has 0 atom stereocenters. The number of methoxy groups -OCH3 is 1. The number of benzene rings is 2. The lowest BCUT2D eigenvalue weighted by Gasteiger charge is -2.05. The van der Waals surface area contributed by atoms with Crippen LogP contribution in [0.1, 0.15) is 5.56 Å². The molecule has 18 heavy (non-hydrogen) atoms. The Hall–Kier alpha value is -2.29. The van der Waals surface area contributed by atoms with E-state index in [2.05, 4.69) is 0 Å². The van der Waals surface area contributed by atoms with Crippen molar-refractivity contribution in [3.8, 4) is 5.75 Å². The summed E-state index contributed by atoms with van der Waals surface area (Å²) in [6.45, 7) is 1.91. The molecule has 0 radical (unpaired) electrons. The Morgan fingerprint density at radius 1 is 1.06 bits per heavy atom. The molecule has 3 heteroatoms. The van der Waals surface area contributed by atoms with Gasteiger partial charge in [-0.15, -0.1) is 0 Å². The number of ether oxygens (including phenoxy) is 1. The molecule has 0 amide bonds. The molecular formula is C15H12O3. The molecule has 0 aliphatic carbocycles. The van der Waals surface area contributed by atoms with Crippen LogP contribution >= 0.6 is 0 Å². The van der Waals surface area contributed by atoms with Gasteiger partial charge < -0.3 is 9.15 Å². The summed E-state index contributed by atoms with van der Waals surface area (Å²) >= 11 is 0. The summed E-state index contributed by atoms with van der Waals surface area (Å²) in [6.07, 6.45) is 0. The molecular weight excluding hydrogens is 228 g/mol. The second-order valence-corrected chi connectivity index (χ2v) is 4.31. The maximum absolute atomic E-state index is 11.4. The molecule has 3 aromatic rings. The van der Waals surface area contributed by atoms with Crippen molar-refractivity contribution < 1.29 is 9.15 Å². The van der Waals surface area contributed by atoms with E-state index in [9.17, 15) is 4.79 Å². The van der Waals surface area contributed by atoms with Crippen molar-refractivity contribution in [2.24, 2.45) is 0 Å². The van der Waals surface area contributed by atoms with Gasteiger partial charge in [0, 0.05) is 11.5 Å². The highest BCUT2D eigenvalue weighted by Crippen LogP contribution is 2.26. The smallest absolute Gasteiger partial charge is 0.336 e. The van der Waals surface area contributed by atoms with Crippen LogP contribution in [-0.4, -0.2) is 7.11 Å². The zero-order chi connectivity index (χ0) is 12.7. The van der Waals surface area contributed by atoms with Crippen LogP contribution in [0.4, 0.5) is 0 Å². The summed E-state index contributed by atoms with van der Waals surface area (Å²) in [5.74, 6) is 0.789. The van der Waals surface area contributed by atoms with Crippen molar-refractivity contribution in [1.82, 2.24) is 0 Å². The van der Waals surface area contributed by atoms with Crippen molar-refractivity contribution in [3.63, 3.8) is 0 Å². The lowest BCUT2D eigenvalue weighted by Crippen LogP contribution is -1.97. The summed E-state index contributed by atoms with van der Waals surface area (Å²) < 4.78 is 10.4. The first kappa shape index (κ1) is 10.8. The fourth-order valence-corrected chi connectivity index (χ4v) is 2.17. The van der Waals surface area contributed by atoms with Crippen molar-refractivity contribution in [1.29, 1.82) is 0 Å². The molecule has 0 saturated heterocycles. The van der Waals surface area contributed by atoms with E-state index in [0.717, 1.165) is 27.5 Å². The standard InChI is InChI=1S/C15H12O3/c1-9-5-15(16)18-14-8-11-6-12(17-2)4-3-10(11)7-13(9)14/h3-8H,1-2H3. The quantitative estimate of drug-likeness (QED) is 0.484. The maximum Gasteiger partial charge on any atom is 0.336 e. The van der Waals surface area contributed by atoms with E-state index < -0.39 is 0 Å². The van der Waals surface area contributed by atoms with E-state index in [4.69, 9.17) is 9.15 Å². The minimum atomic E-state index is -0.317. The van der Waals surface area contributed by atoms with Gasteiger partial charge in [-0.1, -0.05) is 6.07 Å². The zero-order valence-corrected chi connectivity index (χ0v) is 10.2. The third-order valence-electron chi connectivity index (χ3n) is 3.12. The molecule has 3 nitrogen and oxygen atoms in total. The van der Waals surface area contributed by atoms with E-state index in [-0.39, 0.29) is 5.63 Å². The van der Waals surface area contributed by atoms with Gasteiger partial charge in [0.05, 0.1) is 7.11 Å². The summed E-state index contributed by atoms with van der Waals surface area (Å²) in [5, 5.41) is 3.06. The molecule has 1 heterocycles. The van der Waals surface area contributed by atoms with Crippen LogP contribution in [-0.2, 0) is 0 Å². The number of hydrogen-bond donors (Lipinski definition) is 0. The van der Waals surface area contributed by atoms with E-state index in [0.29, 0.717) is 5.58 Å². The second-order valence-electron chi connectivity index (χ2n) is 4.31. The lowest BCUT2D eigenvalue weighted by molar-refractivity contribution is 0.415. The van der Waals surface area contributed by atoms with E-state index in [1.54, 1.807) is 7.11 Å². The van der Waals surface area contributed by atoms with Gasteiger partial charge in [-0.05, 0) is 47.5 Å². The highest BCUT2D eigenvalue weighted by Gasteiger charge is 2.05. The van der Waals surface area contributed by atoms with Crippen LogP contribution < -0.4 is 10.4 Å². The summed E-state index contributed by atoms with van der Waals surface area (Å²) in [5.41, 5.74) is 1.22. The van der Waals surface area contributed by atoms with Gasteiger partial charge in [-0.3, -0.25) is 0 Å². The Morgan fingerprint density at radius 3 is 2.67 bits per heavy atom. The molecule has 0 fully saturated rings. The van der Waals surface area contributed by atoms with Gasteiger partial charge in [0.15, 0.2) is 0 Å². The molecule has 90 valence electrons. The average molecular weight is 240 g/mol. The highest BCUT2D eigenvalue weighted by molar-refractivity contribution is 5.97. The van der Waals surface area contributed by atoms with Crippen molar-refractivity contribution in [2.75, 3.05) is 7.11 Å². The summed E-state index contributed by atoms with van der Waals surface area (Å²) in [6, 6.07) is 11.3. The van der Waals surface area contributed by atoms with Crippen molar-refractivity contribution >= 4 is 21.7 Å². The Bertz CT molecular complexity index is 800. The predicted octanol–water partition coefficient (Wildman–Crippen LogP) is 3.26. The Kier molecular flexibility index (Phi) is 2.33. The molecule has 0 aliphatic heterocycles. The average Bonchev–Trinajstić information content (AvgIpc) is 2.36. The van der Waals surface area contributed by atoms with Gasteiger partial charge >= 0.3 is 5.63 Å². The minimum absolute atomic E-state index is 0.317. The van der Waals surface area contributed by atoms with Gasteiger partial charge in [0.2, 0.25) is 0 Å². The molecule has 2 aromatic carbocycles. The largest absolute Gasteiger partial charge is 0.497 e. The van der Waals surface area contributed by atoms with Crippen LogP contribution in [0.15, 0.2) is 45.6 Å². The molecule has 0 bridgehead atoms. The van der Waals surface area contributed by atoms with Gasteiger partial charge in [0.1, 0.15) is 11.3 Å². The molecule has 0 N–H and O–H groups in total. The highest BCUT2D eigenvalue weighted by atomic mass is 16.5. The number of fused-ring (bicyclic) bond motifs is 2. The first-order valence-corrected chi connectivity index (χ1v) is 5.69. The molecule has 0 spiro atoms. The van der Waals surface area contributed by atoms with Crippen LogP contribution in [0, 0.1) is 6.92 Å². The van der Waals surface area contributed by atoms with Gasteiger partial charge in [-0.25, -0.2) is 4.79 Å². The van der Waals surface area contributed by atoms with E-state index >= 15 is 0 Å². The minimum Gasteiger partial charge on any atom is -0.497 e. The van der Waals surface area contributed by atoms with E-state index in [1.807, 2.05) is 37.3 Å². The van der Waals surface area contributed by atoms with Crippen LogP contribution in [0.5, 0.6) is 5.75 Å². The zero-order valence-electron chi connectivity index (χ0n) is 10.2. The topological polar surface area (TPSA) is 39.4 Å². The Labute approximate surface area is 104 Å².